The van der Waals surface area contributed by atoms with Crippen molar-refractivity contribution in [3.05, 3.63) is 77.9 Å². The topological polar surface area (TPSA) is 58.6 Å². The molecule has 2 N–H and O–H groups in total. The highest BCUT2D eigenvalue weighted by molar-refractivity contribution is 7.99. The van der Waals surface area contributed by atoms with Crippen LogP contribution in [0.25, 0.3) is 0 Å². The van der Waals surface area contributed by atoms with E-state index in [4.69, 9.17) is 9.84 Å². The quantitative estimate of drug-likeness (QED) is 0.379. The number of hydrogen-bond donors (Lipinski definition) is 2. The van der Waals surface area contributed by atoms with Crippen LogP contribution in [0.5, 0.6) is 5.75 Å². The molecule has 0 saturated carbocycles. The molecule has 142 valence electrons. The van der Waals surface area contributed by atoms with Crippen molar-refractivity contribution in [1.82, 2.24) is 0 Å². The van der Waals surface area contributed by atoms with Crippen molar-refractivity contribution in [3.8, 4) is 5.75 Å². The van der Waals surface area contributed by atoms with Crippen molar-refractivity contribution in [2.75, 3.05) is 11.9 Å². The highest BCUT2D eigenvalue weighted by atomic mass is 32.2. The molecule has 0 fully saturated rings. The van der Waals surface area contributed by atoms with E-state index in [1.807, 2.05) is 0 Å². The Morgan fingerprint density at radius 3 is 2.68 bits per heavy atom. The van der Waals surface area contributed by atoms with Crippen molar-refractivity contribution in [2.45, 2.75) is 29.1 Å². The molecule has 1 aliphatic heterocycles. The van der Waals surface area contributed by atoms with Crippen molar-refractivity contribution >= 4 is 29.1 Å². The van der Waals surface area contributed by atoms with Crippen LogP contribution in [0.3, 0.4) is 0 Å². The zero-order valence-electron chi connectivity index (χ0n) is 15.4. The molecular weight excluding hydrogens is 370 g/mol. The first-order chi connectivity index (χ1) is 13.7. The molecule has 1 heterocycles. The molecule has 0 atom stereocenters. The summed E-state index contributed by atoms with van der Waals surface area (Å²) in [6.07, 6.45) is 2.88. The third kappa shape index (κ3) is 4.15. The lowest BCUT2D eigenvalue weighted by Crippen LogP contribution is -2.04. The Hall–Kier alpha value is -2.92. The van der Waals surface area contributed by atoms with Gasteiger partial charge in [-0.25, -0.2) is 4.79 Å². The number of anilines is 2. The van der Waals surface area contributed by atoms with Crippen LogP contribution in [0.15, 0.2) is 76.5 Å². The molecule has 1 aliphatic rings. The summed E-state index contributed by atoms with van der Waals surface area (Å²) in [4.78, 5) is 13.5. The molecule has 0 spiro atoms. The molecule has 3 aromatic rings. The molecular formula is C23H21NO3S. The zero-order valence-corrected chi connectivity index (χ0v) is 16.2. The minimum Gasteiger partial charge on any atom is -0.494 e. The fraction of sp³-hybridized carbons (Fsp3) is 0.174. The summed E-state index contributed by atoms with van der Waals surface area (Å²) in [5.41, 5.74) is 3.93. The van der Waals surface area contributed by atoms with Crippen LogP contribution in [0.1, 0.15) is 28.8 Å². The van der Waals surface area contributed by atoms with Crippen molar-refractivity contribution < 1.29 is 14.6 Å². The van der Waals surface area contributed by atoms with Crippen molar-refractivity contribution in [1.29, 1.82) is 0 Å². The highest BCUT2D eigenvalue weighted by Crippen LogP contribution is 2.45. The van der Waals surface area contributed by atoms with Crippen LogP contribution in [-0.4, -0.2) is 17.7 Å². The van der Waals surface area contributed by atoms with E-state index >= 15 is 0 Å². The molecule has 4 nitrogen and oxygen atoms in total. The first kappa shape index (κ1) is 18.4. The minimum absolute atomic E-state index is 0.247. The highest BCUT2D eigenvalue weighted by Gasteiger charge is 2.17. The van der Waals surface area contributed by atoms with Gasteiger partial charge in [-0.15, -0.1) is 0 Å². The number of fused-ring (bicyclic) bond motifs is 2. The van der Waals surface area contributed by atoms with E-state index in [0.717, 1.165) is 24.9 Å². The lowest BCUT2D eigenvalue weighted by atomic mass is 10.1. The maximum atomic E-state index is 11.0. The zero-order chi connectivity index (χ0) is 19.3. The first-order valence-electron chi connectivity index (χ1n) is 9.33. The lowest BCUT2D eigenvalue weighted by Gasteiger charge is -2.23. The van der Waals surface area contributed by atoms with Gasteiger partial charge in [-0.2, -0.15) is 0 Å². The Morgan fingerprint density at radius 1 is 0.964 bits per heavy atom. The van der Waals surface area contributed by atoms with Gasteiger partial charge in [0.1, 0.15) is 5.75 Å². The van der Waals surface area contributed by atoms with Crippen LogP contribution < -0.4 is 10.1 Å². The summed E-state index contributed by atoms with van der Waals surface area (Å²) in [5.74, 6) is -0.335. The summed E-state index contributed by atoms with van der Waals surface area (Å²) in [6, 6.07) is 21.4. The van der Waals surface area contributed by atoms with Gasteiger partial charge in [0.2, 0.25) is 0 Å². The normalized spacial score (nSPS) is 11.9. The monoisotopic (exact) mass is 391 g/mol. The Morgan fingerprint density at radius 2 is 1.79 bits per heavy atom. The lowest BCUT2D eigenvalue weighted by molar-refractivity contribution is 0.0696. The average molecular weight is 391 g/mol. The number of carboxylic acids is 1. The van der Waals surface area contributed by atoms with E-state index in [2.05, 4.69) is 47.8 Å². The van der Waals surface area contributed by atoms with Gasteiger partial charge in [-0.1, -0.05) is 42.1 Å². The molecule has 0 aliphatic carbocycles. The molecule has 3 aromatic carbocycles. The van der Waals surface area contributed by atoms with Crippen molar-refractivity contribution in [3.63, 3.8) is 0 Å². The molecule has 28 heavy (non-hydrogen) atoms. The summed E-state index contributed by atoms with van der Waals surface area (Å²) in [7, 11) is 0. The predicted octanol–water partition coefficient (Wildman–Crippen LogP) is 5.99. The number of carboxylic acid groups (broad SMARTS) is 1. The van der Waals surface area contributed by atoms with Crippen LogP contribution in [0.4, 0.5) is 11.4 Å². The predicted molar refractivity (Wildman–Crippen MR) is 112 cm³/mol. The molecule has 0 bridgehead atoms. The Labute approximate surface area is 168 Å². The third-order valence-corrected chi connectivity index (χ3v) is 5.81. The fourth-order valence-corrected chi connectivity index (χ4v) is 4.29. The molecule has 0 unspecified atom stereocenters. The summed E-state index contributed by atoms with van der Waals surface area (Å²) < 4.78 is 5.71. The minimum atomic E-state index is -0.939. The van der Waals surface area contributed by atoms with Gasteiger partial charge in [-0.05, 0) is 61.2 Å². The largest absolute Gasteiger partial charge is 0.494 e. The van der Waals surface area contributed by atoms with Gasteiger partial charge >= 0.3 is 5.97 Å². The van der Waals surface area contributed by atoms with E-state index in [1.165, 1.54) is 21.0 Å². The number of carbonyl (C=O) groups is 1. The summed E-state index contributed by atoms with van der Waals surface area (Å²) >= 11 is 1.81. The van der Waals surface area contributed by atoms with E-state index in [1.54, 1.807) is 36.0 Å². The Bertz CT molecular complexity index is 1000. The molecule has 5 heteroatoms. The standard InChI is InChI=1S/C23H21NO3S/c25-23(26)17-9-5-10-18(15-17)27-14-4-3-7-16-8-6-13-21-22(16)24-19-11-1-2-12-20(19)28-21/h1-2,5-6,8-13,15,24H,3-4,7,14H2,(H,25,26). The van der Waals surface area contributed by atoms with Crippen LogP contribution in [0, 0.1) is 0 Å². The fourth-order valence-electron chi connectivity index (χ4n) is 3.25. The Kier molecular flexibility index (Phi) is 5.53. The third-order valence-electron chi connectivity index (χ3n) is 4.67. The van der Waals surface area contributed by atoms with Crippen LogP contribution >= 0.6 is 11.8 Å². The molecule has 0 radical (unpaired) electrons. The number of hydrogen-bond acceptors (Lipinski definition) is 4. The second-order valence-corrected chi connectivity index (χ2v) is 7.74. The maximum absolute atomic E-state index is 11.0. The van der Waals surface area contributed by atoms with E-state index < -0.39 is 5.97 Å². The smallest absolute Gasteiger partial charge is 0.335 e. The van der Waals surface area contributed by atoms with E-state index in [0.29, 0.717) is 12.4 Å². The molecule has 0 aromatic heterocycles. The maximum Gasteiger partial charge on any atom is 0.335 e. The van der Waals surface area contributed by atoms with Crippen LogP contribution in [0.2, 0.25) is 0 Å². The summed E-state index contributed by atoms with van der Waals surface area (Å²) in [5, 5.41) is 12.6. The van der Waals surface area contributed by atoms with Crippen LogP contribution in [-0.2, 0) is 6.42 Å². The molecule has 0 saturated heterocycles. The average Bonchev–Trinajstić information content (AvgIpc) is 2.72. The molecule has 4 rings (SSSR count). The van der Waals surface area contributed by atoms with Gasteiger partial charge in [0.15, 0.2) is 0 Å². The van der Waals surface area contributed by atoms with Gasteiger partial charge in [0.05, 0.1) is 23.5 Å². The van der Waals surface area contributed by atoms with Crippen molar-refractivity contribution in [2.24, 2.45) is 0 Å². The number of ether oxygens (including phenoxy) is 1. The second kappa shape index (κ2) is 8.40. The number of rotatable bonds is 7. The van der Waals surface area contributed by atoms with Gasteiger partial charge in [-0.3, -0.25) is 0 Å². The number of nitrogens with one attached hydrogen (secondary N) is 1. The number of para-hydroxylation sites is 2. The SMILES string of the molecule is O=C(O)c1cccc(OCCCCc2cccc3c2Nc2ccccc2S3)c1. The summed E-state index contributed by atoms with van der Waals surface area (Å²) in [6.45, 7) is 0.573. The van der Waals surface area contributed by atoms with Gasteiger partial charge in [0.25, 0.3) is 0 Å². The van der Waals surface area contributed by atoms with E-state index in [-0.39, 0.29) is 5.56 Å². The first-order valence-corrected chi connectivity index (χ1v) is 10.1. The number of aromatic carboxylic acids is 1. The number of aryl methyl sites for hydroxylation is 1. The number of unbranched alkanes of at least 4 members (excludes halogenated alkanes) is 1. The molecule has 0 amide bonds. The van der Waals surface area contributed by atoms with Gasteiger partial charge < -0.3 is 15.2 Å². The second-order valence-electron chi connectivity index (χ2n) is 6.65. The van der Waals surface area contributed by atoms with E-state index in [9.17, 15) is 4.79 Å². The van der Waals surface area contributed by atoms with Gasteiger partial charge in [0, 0.05) is 9.79 Å². The Balaban J connectivity index is 1.32. The number of benzene rings is 3.